The van der Waals surface area contributed by atoms with Crippen molar-refractivity contribution in [1.82, 2.24) is 0 Å². The highest BCUT2D eigenvalue weighted by Crippen LogP contribution is 2.30. The lowest BCUT2D eigenvalue weighted by Crippen LogP contribution is -1.70. The maximum Gasteiger partial charge on any atom is 0.0406 e. The number of halogens is 1. The number of rotatable bonds is 2. The van der Waals surface area contributed by atoms with Crippen LogP contribution < -0.4 is 0 Å². The molecule has 1 heteroatoms. The first-order valence-electron chi connectivity index (χ1n) is 4.28. The Balaban J connectivity index is 2.07. The molecule has 1 fully saturated rings. The van der Waals surface area contributed by atoms with Crippen LogP contribution in [0.1, 0.15) is 18.4 Å². The fraction of sp³-hybridized carbons (Fsp3) is 0.273. The van der Waals surface area contributed by atoms with Crippen LogP contribution >= 0.6 is 11.6 Å². The zero-order valence-corrected chi connectivity index (χ0v) is 7.59. The van der Waals surface area contributed by atoms with Crippen molar-refractivity contribution in [3.05, 3.63) is 40.9 Å². The summed E-state index contributed by atoms with van der Waals surface area (Å²) in [5.41, 5.74) is 1.24. The molecule has 62 valence electrons. The minimum atomic E-state index is 0.804. The van der Waals surface area contributed by atoms with E-state index in [0.717, 1.165) is 10.9 Å². The Morgan fingerprint density at radius 3 is 2.42 bits per heavy atom. The van der Waals surface area contributed by atoms with Crippen molar-refractivity contribution >= 4 is 17.7 Å². The molecule has 1 aliphatic rings. The molecule has 0 bridgehead atoms. The van der Waals surface area contributed by atoms with E-state index >= 15 is 0 Å². The Kier molecular flexibility index (Phi) is 2.18. The SMILES string of the molecule is Clc1ccc(C=CC2CC2)cc1. The largest absolute Gasteiger partial charge is 0.0843 e. The molecule has 1 aromatic carbocycles. The zero-order chi connectivity index (χ0) is 8.39. The molecular weight excluding hydrogens is 168 g/mol. The van der Waals surface area contributed by atoms with Crippen molar-refractivity contribution < 1.29 is 0 Å². The summed E-state index contributed by atoms with van der Waals surface area (Å²) in [5, 5.41) is 0.804. The minimum Gasteiger partial charge on any atom is -0.0843 e. The van der Waals surface area contributed by atoms with Gasteiger partial charge in [0, 0.05) is 5.02 Å². The summed E-state index contributed by atoms with van der Waals surface area (Å²) in [6, 6.07) is 7.94. The average Bonchev–Trinajstić information content (AvgIpc) is 2.87. The molecule has 1 aromatic rings. The maximum absolute atomic E-state index is 5.76. The van der Waals surface area contributed by atoms with E-state index in [2.05, 4.69) is 12.2 Å². The summed E-state index contributed by atoms with van der Waals surface area (Å²) in [6.45, 7) is 0. The molecule has 0 aromatic heterocycles. The first kappa shape index (κ1) is 7.88. The molecule has 1 aliphatic carbocycles. The van der Waals surface area contributed by atoms with Gasteiger partial charge in [0.25, 0.3) is 0 Å². The Morgan fingerprint density at radius 1 is 1.17 bits per heavy atom. The fourth-order valence-corrected chi connectivity index (χ4v) is 1.24. The van der Waals surface area contributed by atoms with E-state index in [-0.39, 0.29) is 0 Å². The summed E-state index contributed by atoms with van der Waals surface area (Å²) >= 11 is 5.76. The molecule has 0 N–H and O–H groups in total. The van der Waals surface area contributed by atoms with Crippen molar-refractivity contribution in [3.63, 3.8) is 0 Å². The topological polar surface area (TPSA) is 0 Å². The number of hydrogen-bond donors (Lipinski definition) is 0. The molecule has 0 aliphatic heterocycles. The van der Waals surface area contributed by atoms with E-state index < -0.39 is 0 Å². The van der Waals surface area contributed by atoms with Crippen LogP contribution in [0.25, 0.3) is 6.08 Å². The van der Waals surface area contributed by atoms with Gasteiger partial charge >= 0.3 is 0 Å². The Hall–Kier alpha value is -0.750. The van der Waals surface area contributed by atoms with Crippen molar-refractivity contribution in [2.75, 3.05) is 0 Å². The molecule has 12 heavy (non-hydrogen) atoms. The van der Waals surface area contributed by atoms with Crippen LogP contribution in [0, 0.1) is 5.92 Å². The molecule has 0 atom stereocenters. The third-order valence-corrected chi connectivity index (χ3v) is 2.30. The second kappa shape index (κ2) is 3.32. The van der Waals surface area contributed by atoms with Crippen molar-refractivity contribution in [2.24, 2.45) is 5.92 Å². The first-order valence-corrected chi connectivity index (χ1v) is 4.66. The highest BCUT2D eigenvalue weighted by Gasteiger charge is 2.16. The van der Waals surface area contributed by atoms with Crippen molar-refractivity contribution in [2.45, 2.75) is 12.8 Å². The summed E-state index contributed by atoms with van der Waals surface area (Å²) in [4.78, 5) is 0. The zero-order valence-electron chi connectivity index (χ0n) is 6.83. The number of hydrogen-bond acceptors (Lipinski definition) is 0. The van der Waals surface area contributed by atoms with Gasteiger partial charge in [-0.2, -0.15) is 0 Å². The van der Waals surface area contributed by atoms with E-state index in [0.29, 0.717) is 0 Å². The van der Waals surface area contributed by atoms with E-state index in [9.17, 15) is 0 Å². The Bertz CT molecular complexity index is 280. The standard InChI is InChI=1S/C11H11Cl/c12-11-7-5-10(6-8-11)4-3-9-1-2-9/h3-9H,1-2H2. The number of benzene rings is 1. The van der Waals surface area contributed by atoms with Gasteiger partial charge in [0.2, 0.25) is 0 Å². The van der Waals surface area contributed by atoms with Gasteiger partial charge in [-0.15, -0.1) is 0 Å². The fourth-order valence-electron chi connectivity index (χ4n) is 1.11. The first-order chi connectivity index (χ1) is 5.84. The molecule has 0 radical (unpaired) electrons. The van der Waals surface area contributed by atoms with Gasteiger partial charge < -0.3 is 0 Å². The lowest BCUT2D eigenvalue weighted by atomic mass is 10.2. The van der Waals surface area contributed by atoms with Gasteiger partial charge in [-0.05, 0) is 36.5 Å². The maximum atomic E-state index is 5.76. The third-order valence-electron chi connectivity index (χ3n) is 2.05. The highest BCUT2D eigenvalue weighted by atomic mass is 35.5. The van der Waals surface area contributed by atoms with Crippen LogP contribution in [0.5, 0.6) is 0 Å². The predicted octanol–water partition coefficient (Wildman–Crippen LogP) is 3.76. The van der Waals surface area contributed by atoms with Gasteiger partial charge in [0.15, 0.2) is 0 Å². The Labute approximate surface area is 77.9 Å². The summed E-state index contributed by atoms with van der Waals surface area (Å²) < 4.78 is 0. The van der Waals surface area contributed by atoms with Crippen LogP contribution in [0.3, 0.4) is 0 Å². The second-order valence-electron chi connectivity index (χ2n) is 3.25. The van der Waals surface area contributed by atoms with Gasteiger partial charge in [0.1, 0.15) is 0 Å². The molecule has 0 amide bonds. The van der Waals surface area contributed by atoms with Crippen LogP contribution in [-0.2, 0) is 0 Å². The van der Waals surface area contributed by atoms with Crippen LogP contribution in [0.15, 0.2) is 30.3 Å². The number of allylic oxidation sites excluding steroid dienone is 1. The van der Waals surface area contributed by atoms with Crippen molar-refractivity contribution in [3.8, 4) is 0 Å². The molecule has 0 saturated heterocycles. The second-order valence-corrected chi connectivity index (χ2v) is 3.68. The van der Waals surface area contributed by atoms with E-state index in [1.165, 1.54) is 18.4 Å². The van der Waals surface area contributed by atoms with E-state index in [1.54, 1.807) is 0 Å². The Morgan fingerprint density at radius 2 is 1.83 bits per heavy atom. The van der Waals surface area contributed by atoms with Crippen molar-refractivity contribution in [1.29, 1.82) is 0 Å². The summed E-state index contributed by atoms with van der Waals surface area (Å²) in [7, 11) is 0. The molecule has 0 spiro atoms. The molecule has 1 saturated carbocycles. The minimum absolute atomic E-state index is 0.804. The van der Waals surface area contributed by atoms with Gasteiger partial charge in [-0.25, -0.2) is 0 Å². The molecule has 2 rings (SSSR count). The van der Waals surface area contributed by atoms with Gasteiger partial charge in [-0.1, -0.05) is 35.9 Å². The van der Waals surface area contributed by atoms with Crippen LogP contribution in [0.2, 0.25) is 5.02 Å². The van der Waals surface area contributed by atoms with Crippen LogP contribution in [0.4, 0.5) is 0 Å². The van der Waals surface area contributed by atoms with E-state index in [4.69, 9.17) is 11.6 Å². The molecule has 0 heterocycles. The monoisotopic (exact) mass is 178 g/mol. The normalized spacial score (nSPS) is 17.1. The van der Waals surface area contributed by atoms with E-state index in [1.807, 2.05) is 24.3 Å². The molecule has 0 unspecified atom stereocenters. The third kappa shape index (κ3) is 2.12. The van der Waals surface area contributed by atoms with Crippen LogP contribution in [-0.4, -0.2) is 0 Å². The van der Waals surface area contributed by atoms with Gasteiger partial charge in [0.05, 0.1) is 0 Å². The quantitative estimate of drug-likeness (QED) is 0.647. The lowest BCUT2D eigenvalue weighted by molar-refractivity contribution is 1.13. The average molecular weight is 179 g/mol. The smallest absolute Gasteiger partial charge is 0.0406 e. The molecular formula is C11H11Cl. The molecule has 0 nitrogen and oxygen atoms in total. The predicted molar refractivity (Wildman–Crippen MR) is 53.2 cm³/mol. The summed E-state index contributed by atoms with van der Waals surface area (Å²) in [6.07, 6.45) is 7.19. The summed E-state index contributed by atoms with van der Waals surface area (Å²) in [5.74, 6) is 0.848. The highest BCUT2D eigenvalue weighted by molar-refractivity contribution is 6.30. The van der Waals surface area contributed by atoms with Gasteiger partial charge in [-0.3, -0.25) is 0 Å². The lowest BCUT2D eigenvalue weighted by Gasteiger charge is -1.92.